The van der Waals surface area contributed by atoms with Crippen molar-refractivity contribution in [1.82, 2.24) is 0 Å². The van der Waals surface area contributed by atoms with Gasteiger partial charge in [0.15, 0.2) is 6.29 Å². The van der Waals surface area contributed by atoms with Gasteiger partial charge in [-0.3, -0.25) is 0 Å². The zero-order chi connectivity index (χ0) is 24.7. The van der Waals surface area contributed by atoms with Crippen LogP contribution in [0.3, 0.4) is 0 Å². The summed E-state index contributed by atoms with van der Waals surface area (Å²) in [6.45, 7) is 1.78. The van der Waals surface area contributed by atoms with Gasteiger partial charge in [-0.2, -0.15) is 0 Å². The molecule has 7 heteroatoms. The van der Waals surface area contributed by atoms with Crippen molar-refractivity contribution in [3.63, 3.8) is 0 Å². The molecule has 5 atom stereocenters. The zero-order valence-corrected chi connectivity index (χ0v) is 20.6. The first-order valence-electron chi connectivity index (χ1n) is 12.1. The molecule has 0 aliphatic carbocycles. The molecule has 0 amide bonds. The van der Waals surface area contributed by atoms with Gasteiger partial charge in [0.25, 0.3) is 0 Å². The summed E-state index contributed by atoms with van der Waals surface area (Å²) >= 11 is 0. The maximum absolute atomic E-state index is 6.38. The van der Waals surface area contributed by atoms with E-state index in [1.165, 1.54) is 0 Å². The van der Waals surface area contributed by atoms with Crippen LogP contribution in [0.25, 0.3) is 0 Å². The maximum Gasteiger partial charge on any atom is 0.187 e. The Morgan fingerprint density at radius 1 is 0.611 bits per heavy atom. The molecule has 0 N–H and O–H groups in total. The monoisotopic (exact) mass is 492 g/mol. The third kappa shape index (κ3) is 5.88. The van der Waals surface area contributed by atoms with Crippen LogP contribution >= 0.6 is 0 Å². The number of fused-ring (bicyclic) bond motifs is 2. The van der Waals surface area contributed by atoms with Crippen LogP contribution in [-0.4, -0.2) is 51.5 Å². The highest BCUT2D eigenvalue weighted by molar-refractivity contribution is 5.27. The quantitative estimate of drug-likeness (QED) is 0.369. The van der Waals surface area contributed by atoms with Crippen molar-refractivity contribution in [2.75, 3.05) is 20.8 Å². The molecule has 5 rings (SSSR count). The van der Waals surface area contributed by atoms with Crippen LogP contribution in [0.2, 0.25) is 0 Å². The topological polar surface area (TPSA) is 64.6 Å². The van der Waals surface area contributed by atoms with E-state index in [1.54, 1.807) is 14.2 Å². The first-order valence-corrected chi connectivity index (χ1v) is 12.1. The van der Waals surface area contributed by atoms with Crippen molar-refractivity contribution in [2.24, 2.45) is 0 Å². The van der Waals surface area contributed by atoms with Gasteiger partial charge in [-0.05, 0) is 41.0 Å². The molecule has 3 aromatic rings. The minimum atomic E-state index is -0.492. The lowest BCUT2D eigenvalue weighted by molar-refractivity contribution is -0.183. The van der Waals surface area contributed by atoms with Crippen molar-refractivity contribution in [3.05, 3.63) is 95.6 Å². The Kier molecular flexibility index (Phi) is 8.15. The number of hydrogen-bond donors (Lipinski definition) is 0. The number of methoxy groups -OCH3 is 2. The molecule has 190 valence electrons. The summed E-state index contributed by atoms with van der Waals surface area (Å²) in [7, 11) is 3.31. The summed E-state index contributed by atoms with van der Waals surface area (Å²) in [4.78, 5) is 0. The van der Waals surface area contributed by atoms with E-state index in [2.05, 4.69) is 0 Å². The van der Waals surface area contributed by atoms with Crippen LogP contribution in [0.15, 0.2) is 78.9 Å². The third-order valence-electron chi connectivity index (χ3n) is 6.48. The van der Waals surface area contributed by atoms with Gasteiger partial charge in [0.2, 0.25) is 0 Å². The first-order chi connectivity index (χ1) is 17.7. The van der Waals surface area contributed by atoms with E-state index in [0.717, 1.165) is 28.2 Å². The highest BCUT2D eigenvalue weighted by atomic mass is 16.8. The van der Waals surface area contributed by atoms with Crippen LogP contribution < -0.4 is 9.47 Å². The second-order valence-electron chi connectivity index (χ2n) is 8.89. The Hall–Kier alpha value is -2.94. The maximum atomic E-state index is 6.38. The largest absolute Gasteiger partial charge is 0.497 e. The fourth-order valence-electron chi connectivity index (χ4n) is 4.50. The molecule has 2 heterocycles. The van der Waals surface area contributed by atoms with Crippen molar-refractivity contribution in [2.45, 2.75) is 50.5 Å². The van der Waals surface area contributed by atoms with Crippen molar-refractivity contribution < 1.29 is 33.2 Å². The van der Waals surface area contributed by atoms with Crippen LogP contribution in [0.5, 0.6) is 11.5 Å². The average Bonchev–Trinajstić information content (AvgIpc) is 3.50. The molecule has 7 nitrogen and oxygen atoms in total. The first kappa shape index (κ1) is 24.7. The Balaban J connectivity index is 1.20. The molecule has 0 spiro atoms. The SMILES string of the molecule is COc1ccc(COC[C@H]2O[C@H]3O[C@@H]2[C@H](OCc2ccc(OC)cc2)[C@H]3OCc2ccccc2)cc1. The molecule has 0 aromatic heterocycles. The Labute approximate surface area is 211 Å². The summed E-state index contributed by atoms with van der Waals surface area (Å²) in [6.07, 6.45) is -1.60. The number of benzene rings is 3. The standard InChI is InChI=1S/C29H32O7/c1-30-23-12-8-21(9-13-23)16-32-19-25-26-27(33-18-22-10-14-24(31-2)15-11-22)28(29(35-25)36-26)34-17-20-6-4-3-5-7-20/h3-15,25-29H,16-19H2,1-2H3/t25-,26+,27+,28-,29+/m1/s1. The molecule has 2 saturated heterocycles. The van der Waals surface area contributed by atoms with E-state index < -0.39 is 6.29 Å². The van der Waals surface area contributed by atoms with Crippen LogP contribution in [-0.2, 0) is 43.5 Å². The normalized spacial score (nSPS) is 24.7. The molecular weight excluding hydrogens is 460 g/mol. The molecule has 0 radical (unpaired) electrons. The van der Waals surface area contributed by atoms with E-state index >= 15 is 0 Å². The molecular formula is C29H32O7. The summed E-state index contributed by atoms with van der Waals surface area (Å²) in [5, 5.41) is 0. The molecule has 2 fully saturated rings. The lowest BCUT2D eigenvalue weighted by Gasteiger charge is -2.32. The van der Waals surface area contributed by atoms with Gasteiger partial charge < -0.3 is 33.2 Å². The van der Waals surface area contributed by atoms with E-state index in [0.29, 0.717) is 26.4 Å². The van der Waals surface area contributed by atoms with E-state index in [1.807, 2.05) is 78.9 Å². The highest BCUT2D eigenvalue weighted by Crippen LogP contribution is 2.38. The van der Waals surface area contributed by atoms with Crippen molar-refractivity contribution >= 4 is 0 Å². The van der Waals surface area contributed by atoms with Crippen LogP contribution in [0, 0.1) is 0 Å². The number of ether oxygens (including phenoxy) is 7. The summed E-state index contributed by atoms with van der Waals surface area (Å²) in [5.74, 6) is 1.63. The van der Waals surface area contributed by atoms with Crippen LogP contribution in [0.4, 0.5) is 0 Å². The Morgan fingerprint density at radius 2 is 1.17 bits per heavy atom. The zero-order valence-electron chi connectivity index (χ0n) is 20.6. The predicted octanol–water partition coefficient (Wildman–Crippen LogP) is 4.51. The Bertz CT molecular complexity index is 1070. The fourth-order valence-corrected chi connectivity index (χ4v) is 4.50. The van der Waals surface area contributed by atoms with Gasteiger partial charge in [-0.15, -0.1) is 0 Å². The van der Waals surface area contributed by atoms with Gasteiger partial charge in [-0.25, -0.2) is 0 Å². The van der Waals surface area contributed by atoms with E-state index in [9.17, 15) is 0 Å². The van der Waals surface area contributed by atoms with E-state index in [4.69, 9.17) is 33.2 Å². The molecule has 2 aliphatic heterocycles. The highest BCUT2D eigenvalue weighted by Gasteiger charge is 2.57. The lowest BCUT2D eigenvalue weighted by Crippen LogP contribution is -2.49. The van der Waals surface area contributed by atoms with Gasteiger partial charge in [0, 0.05) is 0 Å². The average molecular weight is 493 g/mol. The minimum Gasteiger partial charge on any atom is -0.497 e. The molecule has 2 bridgehead atoms. The minimum absolute atomic E-state index is 0.231. The summed E-state index contributed by atoms with van der Waals surface area (Å²) in [6, 6.07) is 25.8. The fraction of sp³-hybridized carbons (Fsp3) is 0.379. The van der Waals surface area contributed by atoms with Crippen molar-refractivity contribution in [1.29, 1.82) is 0 Å². The number of rotatable bonds is 12. The van der Waals surface area contributed by atoms with Crippen LogP contribution in [0.1, 0.15) is 16.7 Å². The Morgan fingerprint density at radius 3 is 1.78 bits per heavy atom. The second kappa shape index (κ2) is 11.9. The van der Waals surface area contributed by atoms with Crippen molar-refractivity contribution in [3.8, 4) is 11.5 Å². The molecule has 0 unspecified atom stereocenters. The smallest absolute Gasteiger partial charge is 0.187 e. The number of hydrogen-bond acceptors (Lipinski definition) is 7. The second-order valence-corrected chi connectivity index (χ2v) is 8.89. The van der Waals surface area contributed by atoms with Gasteiger partial charge >= 0.3 is 0 Å². The summed E-state index contributed by atoms with van der Waals surface area (Å²) < 4.78 is 41.4. The van der Waals surface area contributed by atoms with E-state index in [-0.39, 0.29) is 24.4 Å². The van der Waals surface area contributed by atoms with Gasteiger partial charge in [-0.1, -0.05) is 54.6 Å². The molecule has 36 heavy (non-hydrogen) atoms. The molecule has 3 aromatic carbocycles. The molecule has 2 aliphatic rings. The third-order valence-corrected chi connectivity index (χ3v) is 6.48. The lowest BCUT2D eigenvalue weighted by atomic mass is 10.0. The molecule has 0 saturated carbocycles. The predicted molar refractivity (Wildman–Crippen MR) is 133 cm³/mol. The van der Waals surface area contributed by atoms with Gasteiger partial charge in [0.1, 0.15) is 35.9 Å². The summed E-state index contributed by atoms with van der Waals surface area (Å²) in [5.41, 5.74) is 3.21. The van der Waals surface area contributed by atoms with Gasteiger partial charge in [0.05, 0.1) is 40.6 Å².